The van der Waals surface area contributed by atoms with Gasteiger partial charge in [-0.15, -0.1) is 0 Å². The summed E-state index contributed by atoms with van der Waals surface area (Å²) in [5, 5.41) is 0. The average Bonchev–Trinajstić information content (AvgIpc) is 2.20. The molecule has 0 saturated carbocycles. The molecule has 0 atom stereocenters. The maximum atomic E-state index is 13.2. The highest BCUT2D eigenvalue weighted by molar-refractivity contribution is 7.89. The zero-order valence-electron chi connectivity index (χ0n) is 11.1. The second kappa shape index (κ2) is 4.59. The van der Waals surface area contributed by atoms with Crippen LogP contribution in [0.15, 0.2) is 17.0 Å². The van der Waals surface area contributed by atoms with E-state index < -0.39 is 27.2 Å². The molecule has 1 aromatic rings. The number of hydrogen-bond acceptors (Lipinski definition) is 2. The number of rotatable bonds is 2. The molecular formula is C12H17F2NO2S. The van der Waals surface area contributed by atoms with Crippen molar-refractivity contribution in [1.29, 1.82) is 0 Å². The molecule has 0 spiro atoms. The molecule has 0 fully saturated rings. The van der Waals surface area contributed by atoms with Gasteiger partial charge in [0.2, 0.25) is 10.0 Å². The second-order valence-corrected chi connectivity index (χ2v) is 7.11. The lowest BCUT2D eigenvalue weighted by atomic mass is 10.1. The van der Waals surface area contributed by atoms with Crippen molar-refractivity contribution >= 4 is 10.0 Å². The van der Waals surface area contributed by atoms with E-state index in [2.05, 4.69) is 0 Å². The fraction of sp³-hybridized carbons (Fsp3) is 0.500. The summed E-state index contributed by atoms with van der Waals surface area (Å²) in [4.78, 5) is -0.209. The maximum absolute atomic E-state index is 13.2. The van der Waals surface area contributed by atoms with E-state index in [0.29, 0.717) is 0 Å². The van der Waals surface area contributed by atoms with Crippen LogP contribution in [0.4, 0.5) is 8.78 Å². The lowest BCUT2D eigenvalue weighted by Gasteiger charge is -2.31. The summed E-state index contributed by atoms with van der Waals surface area (Å²) in [5.41, 5.74) is -0.458. The molecular weight excluding hydrogens is 260 g/mol. The van der Waals surface area contributed by atoms with E-state index in [4.69, 9.17) is 0 Å². The third-order valence-corrected chi connectivity index (χ3v) is 5.07. The number of benzene rings is 1. The molecule has 0 radical (unpaired) electrons. The molecule has 0 aliphatic carbocycles. The molecule has 0 heterocycles. The normalized spacial score (nSPS) is 13.1. The fourth-order valence-corrected chi connectivity index (χ4v) is 3.15. The van der Waals surface area contributed by atoms with Gasteiger partial charge in [0.05, 0.1) is 4.90 Å². The summed E-state index contributed by atoms with van der Waals surface area (Å²) in [5.74, 6) is -2.22. The predicted molar refractivity (Wildman–Crippen MR) is 65.8 cm³/mol. The molecule has 0 aliphatic rings. The molecule has 1 aromatic carbocycles. The van der Waals surface area contributed by atoms with Gasteiger partial charge in [0, 0.05) is 12.6 Å². The summed E-state index contributed by atoms with van der Waals surface area (Å²) in [6.07, 6.45) is 0. The Kier molecular flexibility index (Phi) is 3.83. The molecule has 0 saturated heterocycles. The van der Waals surface area contributed by atoms with Crippen LogP contribution in [-0.2, 0) is 10.0 Å². The van der Waals surface area contributed by atoms with E-state index in [0.717, 1.165) is 16.4 Å². The molecule has 0 N–H and O–H groups in total. The Morgan fingerprint density at radius 3 is 2.00 bits per heavy atom. The summed E-state index contributed by atoms with van der Waals surface area (Å²) >= 11 is 0. The molecule has 0 unspecified atom stereocenters. The van der Waals surface area contributed by atoms with Crippen molar-refractivity contribution in [2.45, 2.75) is 38.1 Å². The highest BCUT2D eigenvalue weighted by Gasteiger charge is 2.32. The van der Waals surface area contributed by atoms with Gasteiger partial charge in [-0.2, -0.15) is 4.31 Å². The van der Waals surface area contributed by atoms with Gasteiger partial charge in [0.25, 0.3) is 0 Å². The molecule has 0 aromatic heterocycles. The van der Waals surface area contributed by atoms with Gasteiger partial charge in [-0.1, -0.05) is 0 Å². The van der Waals surface area contributed by atoms with Crippen molar-refractivity contribution in [3.63, 3.8) is 0 Å². The minimum absolute atomic E-state index is 0.185. The largest absolute Gasteiger partial charge is 0.243 e. The first kappa shape index (κ1) is 15.0. The van der Waals surface area contributed by atoms with Crippen LogP contribution >= 0.6 is 0 Å². The minimum atomic E-state index is -3.84. The van der Waals surface area contributed by atoms with E-state index in [1.165, 1.54) is 14.0 Å². The Morgan fingerprint density at radius 2 is 1.56 bits per heavy atom. The van der Waals surface area contributed by atoms with Crippen molar-refractivity contribution < 1.29 is 17.2 Å². The monoisotopic (exact) mass is 277 g/mol. The van der Waals surface area contributed by atoms with E-state index in [-0.39, 0.29) is 10.5 Å². The van der Waals surface area contributed by atoms with Crippen LogP contribution < -0.4 is 0 Å². The van der Waals surface area contributed by atoms with E-state index in [1.807, 2.05) is 0 Å². The summed E-state index contributed by atoms with van der Waals surface area (Å²) < 4.78 is 51.9. The molecule has 1 rings (SSSR count). The summed E-state index contributed by atoms with van der Waals surface area (Å²) in [7, 11) is -2.43. The first-order valence-corrected chi connectivity index (χ1v) is 6.86. The topological polar surface area (TPSA) is 37.4 Å². The minimum Gasteiger partial charge on any atom is -0.207 e. The van der Waals surface area contributed by atoms with Crippen LogP contribution in [0.5, 0.6) is 0 Å². The van der Waals surface area contributed by atoms with E-state index in [1.54, 1.807) is 20.8 Å². The van der Waals surface area contributed by atoms with Crippen molar-refractivity contribution in [2.24, 2.45) is 0 Å². The van der Waals surface area contributed by atoms with Gasteiger partial charge in [-0.25, -0.2) is 17.2 Å². The standard InChI is InChI=1S/C12H17F2NO2S/c1-8-6-9(13)10(14)7-11(8)18(16,17)15(5)12(2,3)4/h6-7H,1-5H3. The van der Waals surface area contributed by atoms with Crippen LogP contribution in [0.2, 0.25) is 0 Å². The van der Waals surface area contributed by atoms with Crippen LogP contribution in [0.25, 0.3) is 0 Å². The van der Waals surface area contributed by atoms with Crippen LogP contribution in [0.3, 0.4) is 0 Å². The smallest absolute Gasteiger partial charge is 0.207 e. The Morgan fingerprint density at radius 1 is 1.11 bits per heavy atom. The van der Waals surface area contributed by atoms with Crippen molar-refractivity contribution in [2.75, 3.05) is 7.05 Å². The van der Waals surface area contributed by atoms with Gasteiger partial charge in [-0.3, -0.25) is 0 Å². The second-order valence-electron chi connectivity index (χ2n) is 5.18. The third-order valence-electron chi connectivity index (χ3n) is 2.80. The fourth-order valence-electron chi connectivity index (χ4n) is 1.41. The number of sulfonamides is 1. The average molecular weight is 277 g/mol. The molecule has 18 heavy (non-hydrogen) atoms. The van der Waals surface area contributed by atoms with Gasteiger partial charge < -0.3 is 0 Å². The zero-order chi connectivity index (χ0) is 14.3. The number of nitrogens with zero attached hydrogens (tertiary/aromatic N) is 1. The van der Waals surface area contributed by atoms with Crippen LogP contribution in [0.1, 0.15) is 26.3 Å². The van der Waals surface area contributed by atoms with Gasteiger partial charge in [-0.05, 0) is 45.4 Å². The highest BCUT2D eigenvalue weighted by Crippen LogP contribution is 2.26. The number of aryl methyl sites for hydroxylation is 1. The molecule has 0 aliphatic heterocycles. The summed E-state index contributed by atoms with van der Waals surface area (Å²) in [6, 6.07) is 1.61. The SMILES string of the molecule is Cc1cc(F)c(F)cc1S(=O)(=O)N(C)C(C)(C)C. The molecule has 102 valence electrons. The Balaban J connectivity index is 3.43. The van der Waals surface area contributed by atoms with Gasteiger partial charge >= 0.3 is 0 Å². The zero-order valence-corrected chi connectivity index (χ0v) is 11.9. The number of halogens is 2. The van der Waals surface area contributed by atoms with Crippen LogP contribution in [0, 0.1) is 18.6 Å². The maximum Gasteiger partial charge on any atom is 0.243 e. The Labute approximate surface area is 106 Å². The van der Waals surface area contributed by atoms with Crippen LogP contribution in [-0.4, -0.2) is 25.3 Å². The molecule has 0 amide bonds. The molecule has 6 heteroatoms. The van der Waals surface area contributed by atoms with E-state index in [9.17, 15) is 17.2 Å². The van der Waals surface area contributed by atoms with E-state index >= 15 is 0 Å². The highest BCUT2D eigenvalue weighted by atomic mass is 32.2. The van der Waals surface area contributed by atoms with Gasteiger partial charge in [0.15, 0.2) is 11.6 Å². The first-order chi connectivity index (χ1) is 7.98. The Bertz CT molecular complexity index is 562. The van der Waals surface area contributed by atoms with Crippen molar-refractivity contribution in [3.05, 3.63) is 29.3 Å². The quantitative estimate of drug-likeness (QED) is 0.833. The lowest BCUT2D eigenvalue weighted by molar-refractivity contribution is 0.291. The molecule has 3 nitrogen and oxygen atoms in total. The van der Waals surface area contributed by atoms with Crippen molar-refractivity contribution in [1.82, 2.24) is 4.31 Å². The van der Waals surface area contributed by atoms with Gasteiger partial charge in [0.1, 0.15) is 0 Å². The third kappa shape index (κ3) is 2.70. The number of hydrogen-bond donors (Lipinski definition) is 0. The summed E-state index contributed by atoms with van der Waals surface area (Å²) in [6.45, 7) is 6.60. The predicted octanol–water partition coefficient (Wildman–Crippen LogP) is 2.69. The Hall–Kier alpha value is -1.01. The lowest BCUT2D eigenvalue weighted by Crippen LogP contribution is -2.42. The van der Waals surface area contributed by atoms with Crippen molar-refractivity contribution in [3.8, 4) is 0 Å². The molecule has 0 bridgehead atoms. The first-order valence-electron chi connectivity index (χ1n) is 5.42.